The minimum Gasteiger partial charge on any atom is -0.353 e. The molecule has 2 saturated heterocycles. The van der Waals surface area contributed by atoms with Crippen molar-refractivity contribution in [1.82, 2.24) is 10.2 Å². The van der Waals surface area contributed by atoms with Gasteiger partial charge in [-0.05, 0) is 118 Å². The fourth-order valence-corrected chi connectivity index (χ4v) is 11.0. The van der Waals surface area contributed by atoms with Gasteiger partial charge < -0.3 is 19.7 Å². The molecule has 0 bridgehead atoms. The van der Waals surface area contributed by atoms with Gasteiger partial charge in [0.15, 0.2) is 5.79 Å². The molecule has 37 heavy (non-hydrogen) atoms. The number of amides is 1. The maximum atomic E-state index is 12.5. The normalized spacial score (nSPS) is 52.9. The molecule has 6 aliphatic rings. The summed E-state index contributed by atoms with van der Waals surface area (Å²) >= 11 is 0. The Morgan fingerprint density at radius 3 is 2.46 bits per heavy atom. The van der Waals surface area contributed by atoms with Crippen molar-refractivity contribution in [3.8, 4) is 0 Å². The van der Waals surface area contributed by atoms with Crippen molar-refractivity contribution < 1.29 is 14.3 Å². The van der Waals surface area contributed by atoms with Gasteiger partial charge in [0, 0.05) is 31.3 Å². The van der Waals surface area contributed by atoms with E-state index in [1.54, 1.807) is 0 Å². The maximum Gasteiger partial charge on any atom is 0.221 e. The SMILES string of the molecule is C[C@H]1CC[C@@]2(OC1)O[C@H]1C[C@H]3[C@@H]4CC[C@@H]5C[C@@H](NC(=O)CCN(C)C)CC[C@]5(C)[C@H]4CC[C@]3(C)[C@H]1[C@@H]2C. The first-order valence-electron chi connectivity index (χ1n) is 15.8. The van der Waals surface area contributed by atoms with Gasteiger partial charge in [0.05, 0.1) is 12.7 Å². The van der Waals surface area contributed by atoms with Crippen molar-refractivity contribution in [2.75, 3.05) is 27.2 Å². The van der Waals surface area contributed by atoms with E-state index in [2.05, 4.69) is 37.9 Å². The van der Waals surface area contributed by atoms with Crippen LogP contribution >= 0.6 is 0 Å². The number of nitrogens with zero attached hydrogens (tertiary/aromatic N) is 1. The molecule has 5 heteroatoms. The van der Waals surface area contributed by atoms with E-state index in [9.17, 15) is 4.79 Å². The average Bonchev–Trinajstić information content (AvgIpc) is 3.30. The van der Waals surface area contributed by atoms with E-state index in [0.717, 1.165) is 49.7 Å². The van der Waals surface area contributed by atoms with Crippen LogP contribution in [0.2, 0.25) is 0 Å². The lowest BCUT2D eigenvalue weighted by Gasteiger charge is -2.61. The highest BCUT2D eigenvalue weighted by Crippen LogP contribution is 2.71. The summed E-state index contributed by atoms with van der Waals surface area (Å²) < 4.78 is 13.5. The number of carbonyl (C=O) groups excluding carboxylic acids is 1. The number of hydrogen-bond donors (Lipinski definition) is 1. The quantitative estimate of drug-likeness (QED) is 0.510. The van der Waals surface area contributed by atoms with Crippen LogP contribution in [0.4, 0.5) is 0 Å². The Kier molecular flexibility index (Phi) is 6.80. The number of fused-ring (bicyclic) bond motifs is 7. The Bertz CT molecular complexity index is 868. The molecule has 4 saturated carbocycles. The molecule has 0 unspecified atom stereocenters. The lowest BCUT2D eigenvalue weighted by Crippen LogP contribution is -2.56. The monoisotopic (exact) mass is 514 g/mol. The van der Waals surface area contributed by atoms with Gasteiger partial charge >= 0.3 is 0 Å². The van der Waals surface area contributed by atoms with Crippen LogP contribution in [0, 0.1) is 52.3 Å². The molecule has 2 heterocycles. The number of carbonyl (C=O) groups is 1. The highest BCUT2D eigenvalue weighted by Gasteiger charge is 2.69. The molecule has 0 aromatic rings. The predicted octanol–water partition coefficient (Wildman–Crippen LogP) is 5.87. The maximum absolute atomic E-state index is 12.5. The smallest absolute Gasteiger partial charge is 0.221 e. The number of nitrogens with one attached hydrogen (secondary N) is 1. The van der Waals surface area contributed by atoms with E-state index < -0.39 is 0 Å². The summed E-state index contributed by atoms with van der Waals surface area (Å²) in [5, 5.41) is 3.41. The van der Waals surface area contributed by atoms with Crippen LogP contribution in [0.1, 0.15) is 98.3 Å². The van der Waals surface area contributed by atoms with E-state index in [0.29, 0.717) is 47.2 Å². The second kappa shape index (κ2) is 9.47. The first-order valence-corrected chi connectivity index (χ1v) is 15.8. The van der Waals surface area contributed by atoms with Crippen molar-refractivity contribution in [1.29, 1.82) is 0 Å². The van der Waals surface area contributed by atoms with Gasteiger partial charge in [0.1, 0.15) is 0 Å². The van der Waals surface area contributed by atoms with Crippen molar-refractivity contribution in [2.45, 2.75) is 116 Å². The second-order valence-corrected chi connectivity index (χ2v) is 15.3. The Hall–Kier alpha value is -0.650. The third-order valence-corrected chi connectivity index (χ3v) is 13.1. The van der Waals surface area contributed by atoms with Crippen molar-refractivity contribution in [3.63, 3.8) is 0 Å². The molecular formula is C32H54N2O3. The zero-order valence-corrected chi connectivity index (χ0v) is 24.6. The van der Waals surface area contributed by atoms with Gasteiger partial charge in [-0.15, -0.1) is 0 Å². The Morgan fingerprint density at radius 1 is 0.946 bits per heavy atom. The van der Waals surface area contributed by atoms with Gasteiger partial charge in [0.2, 0.25) is 5.91 Å². The van der Waals surface area contributed by atoms with Gasteiger partial charge in [-0.2, -0.15) is 0 Å². The molecule has 1 amide bonds. The van der Waals surface area contributed by atoms with Crippen LogP contribution in [0.25, 0.3) is 0 Å². The topological polar surface area (TPSA) is 50.8 Å². The van der Waals surface area contributed by atoms with Gasteiger partial charge in [-0.3, -0.25) is 4.79 Å². The predicted molar refractivity (Wildman–Crippen MR) is 147 cm³/mol. The number of hydrogen-bond acceptors (Lipinski definition) is 4. The number of ether oxygens (including phenoxy) is 2. The fraction of sp³-hybridized carbons (Fsp3) is 0.969. The van der Waals surface area contributed by atoms with Gasteiger partial charge in [-0.25, -0.2) is 0 Å². The largest absolute Gasteiger partial charge is 0.353 e. The molecule has 6 fully saturated rings. The Morgan fingerprint density at radius 2 is 1.73 bits per heavy atom. The minimum absolute atomic E-state index is 0.241. The standard InChI is InChI=1S/C32H54N2O3/c1-20-9-15-32(36-19-20)21(2)29-27(37-32)18-26-24-8-7-22-17-23(33-28(35)12-16-34(5)6)10-13-30(22,3)25(24)11-14-31(26,29)4/h20-27,29H,7-19H2,1-6H3,(H,33,35)/t20-,21-,22+,23-,24+,25-,26-,27-,29-,30-,31-,32+/m0/s1. The molecular weight excluding hydrogens is 460 g/mol. The van der Waals surface area contributed by atoms with E-state index in [4.69, 9.17) is 9.47 Å². The van der Waals surface area contributed by atoms with E-state index in [-0.39, 0.29) is 11.7 Å². The third-order valence-electron chi connectivity index (χ3n) is 13.1. The average molecular weight is 515 g/mol. The molecule has 1 spiro atoms. The molecule has 0 radical (unpaired) electrons. The third kappa shape index (κ3) is 4.24. The molecule has 5 nitrogen and oxygen atoms in total. The summed E-state index contributed by atoms with van der Waals surface area (Å²) in [6, 6.07) is 0.382. The van der Waals surface area contributed by atoms with Crippen molar-refractivity contribution >= 4 is 5.91 Å². The highest BCUT2D eigenvalue weighted by molar-refractivity contribution is 5.76. The van der Waals surface area contributed by atoms with Crippen molar-refractivity contribution in [3.05, 3.63) is 0 Å². The molecule has 1 N–H and O–H groups in total. The molecule has 6 rings (SSSR count). The van der Waals surface area contributed by atoms with E-state index in [1.807, 2.05) is 14.1 Å². The second-order valence-electron chi connectivity index (χ2n) is 15.3. The van der Waals surface area contributed by atoms with Crippen LogP contribution in [0.3, 0.4) is 0 Å². The summed E-state index contributed by atoms with van der Waals surface area (Å²) in [5.41, 5.74) is 0.852. The van der Waals surface area contributed by atoms with Crippen LogP contribution in [-0.4, -0.2) is 56.0 Å². The highest BCUT2D eigenvalue weighted by atomic mass is 16.7. The molecule has 210 valence electrons. The van der Waals surface area contributed by atoms with Crippen molar-refractivity contribution in [2.24, 2.45) is 52.3 Å². The summed E-state index contributed by atoms with van der Waals surface area (Å²) in [5.74, 6) is 5.06. The summed E-state index contributed by atoms with van der Waals surface area (Å²) in [4.78, 5) is 14.6. The first kappa shape index (κ1) is 26.6. The molecule has 4 aliphatic carbocycles. The number of rotatable bonds is 4. The minimum atomic E-state index is -0.300. The molecule has 0 aromatic heterocycles. The Balaban J connectivity index is 1.13. The van der Waals surface area contributed by atoms with Crippen LogP contribution < -0.4 is 5.32 Å². The first-order chi connectivity index (χ1) is 17.6. The van der Waals surface area contributed by atoms with Gasteiger partial charge in [-0.1, -0.05) is 27.7 Å². The molecule has 0 aromatic carbocycles. The molecule has 2 aliphatic heterocycles. The summed E-state index contributed by atoms with van der Waals surface area (Å²) in [7, 11) is 4.08. The lowest BCUT2D eigenvalue weighted by atomic mass is 9.44. The lowest BCUT2D eigenvalue weighted by molar-refractivity contribution is -0.273. The zero-order chi connectivity index (χ0) is 26.2. The fourth-order valence-electron chi connectivity index (χ4n) is 11.0. The van der Waals surface area contributed by atoms with Gasteiger partial charge in [0.25, 0.3) is 0 Å². The van der Waals surface area contributed by atoms with E-state index in [1.165, 1.54) is 51.4 Å². The van der Waals surface area contributed by atoms with Crippen LogP contribution in [0.5, 0.6) is 0 Å². The molecule has 12 atom stereocenters. The zero-order valence-electron chi connectivity index (χ0n) is 24.6. The summed E-state index contributed by atoms with van der Waals surface area (Å²) in [6.07, 6.45) is 13.7. The van der Waals surface area contributed by atoms with Crippen LogP contribution in [0.15, 0.2) is 0 Å². The van der Waals surface area contributed by atoms with E-state index >= 15 is 0 Å². The van der Waals surface area contributed by atoms with Crippen LogP contribution in [-0.2, 0) is 14.3 Å². The Labute approximate surface area is 226 Å². The summed E-state index contributed by atoms with van der Waals surface area (Å²) in [6.45, 7) is 11.8.